The predicted molar refractivity (Wildman–Crippen MR) is 78.4 cm³/mol. The van der Waals surface area contributed by atoms with Gasteiger partial charge in [0.15, 0.2) is 5.58 Å². The third-order valence-electron chi connectivity index (χ3n) is 3.31. The molecule has 1 aliphatic rings. The Morgan fingerprint density at radius 1 is 1.35 bits per heavy atom. The van der Waals surface area contributed by atoms with Crippen molar-refractivity contribution in [2.24, 2.45) is 0 Å². The Labute approximate surface area is 121 Å². The molecule has 0 aliphatic carbocycles. The first-order chi connectivity index (χ1) is 9.22. The first-order valence-corrected chi connectivity index (χ1v) is 6.39. The summed E-state index contributed by atoms with van der Waals surface area (Å²) in [5, 5.41) is 6.04. The minimum atomic E-state index is -0.493. The van der Waals surface area contributed by atoms with Crippen molar-refractivity contribution in [3.05, 3.63) is 28.7 Å². The number of aromatic amines is 1. The van der Waals surface area contributed by atoms with Gasteiger partial charge in [-0.25, -0.2) is 4.79 Å². The van der Waals surface area contributed by atoms with Gasteiger partial charge in [-0.15, -0.1) is 12.4 Å². The molecule has 7 heteroatoms. The fourth-order valence-corrected chi connectivity index (χ4v) is 2.33. The third kappa shape index (κ3) is 3.02. The second kappa shape index (κ2) is 6.11. The van der Waals surface area contributed by atoms with E-state index in [2.05, 4.69) is 15.6 Å². The number of carbonyl (C=O) groups excluding carboxylic acids is 1. The molecule has 1 amide bonds. The predicted octanol–water partition coefficient (Wildman–Crippen LogP) is 1.62. The Hall–Kier alpha value is -1.79. The monoisotopic (exact) mass is 297 g/mol. The lowest BCUT2D eigenvalue weighted by molar-refractivity contribution is -0.118. The van der Waals surface area contributed by atoms with Gasteiger partial charge >= 0.3 is 5.76 Å². The van der Waals surface area contributed by atoms with Crippen LogP contribution in [0.25, 0.3) is 11.1 Å². The first-order valence-electron chi connectivity index (χ1n) is 6.39. The van der Waals surface area contributed by atoms with Crippen molar-refractivity contribution in [3.8, 4) is 0 Å². The highest BCUT2D eigenvalue weighted by Crippen LogP contribution is 2.17. The zero-order valence-corrected chi connectivity index (χ0v) is 11.6. The molecule has 3 rings (SSSR count). The molecule has 0 bridgehead atoms. The summed E-state index contributed by atoms with van der Waals surface area (Å²) in [6, 6.07) is 4.95. The molecule has 1 aromatic heterocycles. The Balaban J connectivity index is 0.00000147. The Morgan fingerprint density at radius 2 is 2.20 bits per heavy atom. The van der Waals surface area contributed by atoms with Gasteiger partial charge in [0.2, 0.25) is 5.91 Å². The molecule has 6 nitrogen and oxygen atoms in total. The van der Waals surface area contributed by atoms with Crippen LogP contribution >= 0.6 is 12.4 Å². The van der Waals surface area contributed by atoms with E-state index in [9.17, 15) is 9.59 Å². The van der Waals surface area contributed by atoms with Gasteiger partial charge in [0.05, 0.1) is 11.6 Å². The molecule has 2 heterocycles. The normalized spacial score (nSPS) is 18.5. The Morgan fingerprint density at radius 3 is 2.95 bits per heavy atom. The van der Waals surface area contributed by atoms with E-state index in [1.165, 1.54) is 0 Å². The van der Waals surface area contributed by atoms with E-state index in [-0.39, 0.29) is 24.4 Å². The van der Waals surface area contributed by atoms with Crippen molar-refractivity contribution >= 4 is 35.1 Å². The van der Waals surface area contributed by atoms with Crippen LogP contribution in [0, 0.1) is 0 Å². The molecule has 0 spiro atoms. The molecule has 20 heavy (non-hydrogen) atoms. The molecule has 108 valence electrons. The zero-order valence-electron chi connectivity index (χ0n) is 10.8. The molecular weight excluding hydrogens is 282 g/mol. The highest BCUT2D eigenvalue weighted by molar-refractivity contribution is 5.96. The number of oxazole rings is 1. The van der Waals surface area contributed by atoms with Crippen LogP contribution < -0.4 is 16.4 Å². The number of nitrogens with one attached hydrogen (secondary N) is 3. The van der Waals surface area contributed by atoms with Gasteiger partial charge in [-0.1, -0.05) is 6.42 Å². The molecule has 1 atom stereocenters. The summed E-state index contributed by atoms with van der Waals surface area (Å²) < 4.78 is 4.91. The fraction of sp³-hybridized carbons (Fsp3) is 0.385. The van der Waals surface area contributed by atoms with E-state index in [0.717, 1.165) is 25.8 Å². The van der Waals surface area contributed by atoms with Gasteiger partial charge in [-0.3, -0.25) is 9.78 Å². The van der Waals surface area contributed by atoms with E-state index in [1.54, 1.807) is 18.2 Å². The van der Waals surface area contributed by atoms with Gasteiger partial charge in [-0.2, -0.15) is 0 Å². The SMILES string of the molecule is Cl.O=C(Nc1ccc2oc(=O)[nH]c2c1)[C@@H]1CCCCN1. The number of hydrogen-bond donors (Lipinski definition) is 3. The number of H-pyrrole nitrogens is 1. The minimum Gasteiger partial charge on any atom is -0.408 e. The van der Waals surface area contributed by atoms with E-state index < -0.39 is 5.76 Å². The number of amides is 1. The number of aromatic nitrogens is 1. The standard InChI is InChI=1S/C13H15N3O3.ClH/c17-12(9-3-1-2-6-14-9)15-8-4-5-11-10(7-8)16-13(18)19-11;/h4-5,7,9,14H,1-3,6H2,(H,15,17)(H,16,18);1H/t9-;/m0./s1. The summed E-state index contributed by atoms with van der Waals surface area (Å²) in [6.45, 7) is 0.881. The largest absolute Gasteiger partial charge is 0.417 e. The van der Waals surface area contributed by atoms with Crippen molar-refractivity contribution in [2.75, 3.05) is 11.9 Å². The summed E-state index contributed by atoms with van der Waals surface area (Å²) in [6.07, 6.45) is 3.04. The van der Waals surface area contributed by atoms with E-state index in [1.807, 2.05) is 0 Å². The smallest absolute Gasteiger partial charge is 0.408 e. The minimum absolute atomic E-state index is 0. The van der Waals surface area contributed by atoms with Crippen LogP contribution in [0.1, 0.15) is 19.3 Å². The maximum Gasteiger partial charge on any atom is 0.417 e. The van der Waals surface area contributed by atoms with Crippen LogP contribution in [-0.4, -0.2) is 23.5 Å². The topological polar surface area (TPSA) is 87.1 Å². The molecule has 0 saturated carbocycles. The average molecular weight is 298 g/mol. The van der Waals surface area contributed by atoms with Crippen molar-refractivity contribution in [2.45, 2.75) is 25.3 Å². The molecule has 1 fully saturated rings. The summed E-state index contributed by atoms with van der Waals surface area (Å²) in [4.78, 5) is 25.7. The zero-order chi connectivity index (χ0) is 13.2. The molecule has 1 aromatic carbocycles. The maximum atomic E-state index is 12.0. The van der Waals surface area contributed by atoms with Crippen LogP contribution in [0.5, 0.6) is 0 Å². The Kier molecular flexibility index (Phi) is 4.46. The van der Waals surface area contributed by atoms with Gasteiger partial charge in [0.25, 0.3) is 0 Å². The van der Waals surface area contributed by atoms with Crippen LogP contribution in [-0.2, 0) is 4.79 Å². The number of rotatable bonds is 2. The molecule has 0 radical (unpaired) electrons. The van der Waals surface area contributed by atoms with Crippen molar-refractivity contribution in [1.82, 2.24) is 10.3 Å². The molecule has 3 N–H and O–H groups in total. The number of carbonyl (C=O) groups is 1. The highest BCUT2D eigenvalue weighted by Gasteiger charge is 2.20. The number of piperidine rings is 1. The summed E-state index contributed by atoms with van der Waals surface area (Å²) >= 11 is 0. The lowest BCUT2D eigenvalue weighted by Crippen LogP contribution is -2.43. The van der Waals surface area contributed by atoms with E-state index in [4.69, 9.17) is 4.42 Å². The first kappa shape index (κ1) is 14.6. The molecule has 2 aromatic rings. The number of benzene rings is 1. The van der Waals surface area contributed by atoms with Crippen LogP contribution in [0.2, 0.25) is 0 Å². The third-order valence-corrected chi connectivity index (χ3v) is 3.31. The lowest BCUT2D eigenvalue weighted by Gasteiger charge is -2.22. The molecule has 1 aliphatic heterocycles. The number of fused-ring (bicyclic) bond motifs is 1. The number of halogens is 1. The van der Waals surface area contributed by atoms with Crippen molar-refractivity contribution < 1.29 is 9.21 Å². The van der Waals surface area contributed by atoms with E-state index >= 15 is 0 Å². The number of hydrogen-bond acceptors (Lipinski definition) is 4. The summed E-state index contributed by atoms with van der Waals surface area (Å²) in [5.74, 6) is -0.530. The second-order valence-electron chi connectivity index (χ2n) is 4.72. The van der Waals surface area contributed by atoms with Crippen LogP contribution in [0.3, 0.4) is 0 Å². The van der Waals surface area contributed by atoms with Gasteiger partial charge in [-0.05, 0) is 37.6 Å². The van der Waals surface area contributed by atoms with Gasteiger partial charge in [0, 0.05) is 5.69 Å². The molecular formula is C13H16ClN3O3. The molecule has 1 saturated heterocycles. The number of anilines is 1. The van der Waals surface area contributed by atoms with Crippen LogP contribution in [0.4, 0.5) is 5.69 Å². The summed E-state index contributed by atoms with van der Waals surface area (Å²) in [5.41, 5.74) is 1.72. The van der Waals surface area contributed by atoms with Crippen LogP contribution in [0.15, 0.2) is 27.4 Å². The quantitative estimate of drug-likeness (QED) is 0.786. The second-order valence-corrected chi connectivity index (χ2v) is 4.72. The average Bonchev–Trinajstić information content (AvgIpc) is 2.79. The summed E-state index contributed by atoms with van der Waals surface area (Å²) in [7, 11) is 0. The fourth-order valence-electron chi connectivity index (χ4n) is 2.33. The molecule has 0 unspecified atom stereocenters. The van der Waals surface area contributed by atoms with Crippen molar-refractivity contribution in [1.29, 1.82) is 0 Å². The van der Waals surface area contributed by atoms with Gasteiger partial charge in [0.1, 0.15) is 0 Å². The Bertz CT molecular complexity index is 658. The van der Waals surface area contributed by atoms with Crippen molar-refractivity contribution in [3.63, 3.8) is 0 Å². The van der Waals surface area contributed by atoms with E-state index in [0.29, 0.717) is 16.8 Å². The van der Waals surface area contributed by atoms with Gasteiger partial charge < -0.3 is 15.1 Å². The maximum absolute atomic E-state index is 12.0. The highest BCUT2D eigenvalue weighted by atomic mass is 35.5. The lowest BCUT2D eigenvalue weighted by atomic mass is 10.0.